The summed E-state index contributed by atoms with van der Waals surface area (Å²) in [6, 6.07) is 17.6. The lowest BCUT2D eigenvalue weighted by molar-refractivity contribution is -0.867. The summed E-state index contributed by atoms with van der Waals surface area (Å²) in [5, 5.41) is 7.42. The molecule has 0 aliphatic carbocycles. The number of carboxylic acid groups (broad SMARTS) is 1. The number of carbonyl (C=O) groups is 4. The number of carbonyl (C=O) groups excluding carboxylic acids is 3. The number of fused-ring (bicyclic) bond motifs is 6. The molecule has 0 bridgehead atoms. The van der Waals surface area contributed by atoms with Crippen LogP contribution in [0.1, 0.15) is 74.5 Å². The third-order valence-corrected chi connectivity index (χ3v) is 14.4. The minimum absolute atomic E-state index is 0.316. The number of ether oxygens (including phenoxy) is 4. The molecule has 0 atom stereocenters. The zero-order valence-electron chi connectivity index (χ0n) is 36.2. The highest BCUT2D eigenvalue weighted by molar-refractivity contribution is 8.77. The number of benzene rings is 3. The Balaban J connectivity index is 0.00000184. The lowest BCUT2D eigenvalue weighted by atomic mass is 9.77. The Morgan fingerprint density at radius 1 is 0.661 bits per heavy atom. The van der Waals surface area contributed by atoms with Crippen LogP contribution in [0.4, 0.5) is 0 Å². The summed E-state index contributed by atoms with van der Waals surface area (Å²) in [5.74, 6) is 3.12. The number of carboxylic acids is 1. The molecule has 3 aromatic rings. The maximum atomic E-state index is 13.5. The van der Waals surface area contributed by atoms with E-state index in [9.17, 15) is 14.4 Å². The van der Waals surface area contributed by atoms with Gasteiger partial charge in [-0.1, -0.05) is 61.4 Å². The Bertz CT molecular complexity index is 1880. The Hall–Kier alpha value is -3.34. The van der Waals surface area contributed by atoms with Gasteiger partial charge in [0.1, 0.15) is 23.0 Å². The minimum Gasteiger partial charge on any atom is -0.481 e. The Kier molecular flexibility index (Phi) is 16.4. The summed E-state index contributed by atoms with van der Waals surface area (Å²) in [7, 11) is 20.3. The third kappa shape index (κ3) is 13.3. The van der Waals surface area contributed by atoms with Gasteiger partial charge in [-0.2, -0.15) is 0 Å². The first-order valence-corrected chi connectivity index (χ1v) is 24.5. The highest BCUT2D eigenvalue weighted by Crippen LogP contribution is 2.57. The fourth-order valence-electron chi connectivity index (χ4n) is 5.91. The average molecular weight is 889 g/mol. The summed E-state index contributed by atoms with van der Waals surface area (Å²) in [6.45, 7) is 10.8. The van der Waals surface area contributed by atoms with Crippen molar-refractivity contribution in [3.8, 4) is 23.0 Å². The molecule has 0 unspecified atom stereocenters. The lowest BCUT2D eigenvalue weighted by Crippen LogP contribution is -2.36. The number of hydrogen-bond acceptors (Lipinski definition) is 12. The fraction of sp³-hybridized carbons (Fsp3) is 0.500. The number of esters is 3. The second kappa shape index (κ2) is 20.0. The van der Waals surface area contributed by atoms with E-state index in [1.54, 1.807) is 70.1 Å². The Morgan fingerprint density at radius 2 is 1.07 bits per heavy atom. The molecule has 3 aromatic carbocycles. The number of nitrogens with zero attached hydrogens (tertiary/aromatic N) is 2. The van der Waals surface area contributed by atoms with Crippen LogP contribution in [0.25, 0.3) is 0 Å². The van der Waals surface area contributed by atoms with Crippen LogP contribution >= 0.6 is 43.2 Å². The zero-order valence-corrected chi connectivity index (χ0v) is 39.4. The van der Waals surface area contributed by atoms with Crippen molar-refractivity contribution in [2.45, 2.75) is 53.1 Å². The van der Waals surface area contributed by atoms with Crippen LogP contribution in [0.15, 0.2) is 60.7 Å². The largest absolute Gasteiger partial charge is 0.481 e. The molecule has 2 aliphatic heterocycles. The van der Waals surface area contributed by atoms with E-state index in [4.69, 9.17) is 28.8 Å². The van der Waals surface area contributed by atoms with Gasteiger partial charge in [0.25, 0.3) is 5.97 Å². The van der Waals surface area contributed by atoms with Gasteiger partial charge in [0, 0.05) is 47.3 Å². The predicted molar refractivity (Wildman–Crippen MR) is 242 cm³/mol. The second-order valence-electron chi connectivity index (χ2n) is 17.9. The standard InChI is InChI=1S/C42H56N2O7S4.C2H4O2/c1-40(2,19-23-52-54-25-21-43(5,6)7)38(46)48-29-15-17-33-35(27-29)50-36-28-30(49-39(47)41(3,4)20-24-53-55-26-22-44(8,9)10)16-18-34(36)42(33)32-14-12-11-13-31(32)37(45)51-42;1-2(3)4/h11-18,27-28H,19-26H2,1-10H3;1H3,(H,3,4)/q+2;. The molecule has 15 heteroatoms. The summed E-state index contributed by atoms with van der Waals surface area (Å²) in [5.41, 5.74) is -0.414. The lowest BCUT2D eigenvalue weighted by Gasteiger charge is -2.36. The molecule has 1 spiro atoms. The zero-order chi connectivity index (χ0) is 43.8. The SMILES string of the molecule is CC(=O)O.CC(C)(CCSSCC[N+](C)(C)C)C(=O)Oc1ccc2c(c1)Oc1cc(OC(=O)C(C)(C)CCSSCC[N+](C)(C)C)ccc1C21OC(=O)c2ccccc21. The molecule has 2 aliphatic rings. The van der Waals surface area contributed by atoms with E-state index in [1.165, 1.54) is 0 Å². The monoisotopic (exact) mass is 888 g/mol. The molecular weight excluding hydrogens is 829 g/mol. The van der Waals surface area contributed by atoms with Gasteiger partial charge in [0.2, 0.25) is 0 Å². The highest BCUT2D eigenvalue weighted by Gasteiger charge is 2.53. The maximum Gasteiger partial charge on any atom is 0.340 e. The fourth-order valence-corrected chi connectivity index (χ4v) is 11.2. The highest BCUT2D eigenvalue weighted by atomic mass is 33.1. The molecule has 0 fully saturated rings. The van der Waals surface area contributed by atoms with Gasteiger partial charge in [-0.25, -0.2) is 4.79 Å². The first-order chi connectivity index (χ1) is 27.4. The minimum atomic E-state index is -1.32. The molecule has 0 saturated heterocycles. The van der Waals surface area contributed by atoms with Gasteiger partial charge in [-0.15, -0.1) is 0 Å². The number of hydrogen-bond donors (Lipinski definition) is 1. The van der Waals surface area contributed by atoms with Crippen LogP contribution < -0.4 is 14.2 Å². The second-order valence-corrected chi connectivity index (χ2v) is 23.3. The average Bonchev–Trinajstić information content (AvgIpc) is 3.42. The topological polar surface area (TPSA) is 125 Å². The smallest absolute Gasteiger partial charge is 0.340 e. The molecule has 2 heterocycles. The van der Waals surface area contributed by atoms with Crippen LogP contribution in [0.5, 0.6) is 23.0 Å². The number of rotatable bonds is 18. The van der Waals surface area contributed by atoms with Crippen molar-refractivity contribution in [3.63, 3.8) is 0 Å². The van der Waals surface area contributed by atoms with Gasteiger partial charge in [0.05, 0.1) is 83.3 Å². The summed E-state index contributed by atoms with van der Waals surface area (Å²) < 4.78 is 26.6. The normalized spacial score (nSPS) is 14.2. The quantitative estimate of drug-likeness (QED) is 0.0430. The van der Waals surface area contributed by atoms with E-state index in [2.05, 4.69) is 42.3 Å². The van der Waals surface area contributed by atoms with Crippen LogP contribution in [-0.4, -0.2) is 116 Å². The van der Waals surface area contributed by atoms with Gasteiger partial charge >= 0.3 is 17.9 Å². The van der Waals surface area contributed by atoms with Gasteiger partial charge in [-0.3, -0.25) is 14.4 Å². The number of aliphatic carboxylic acids is 1. The van der Waals surface area contributed by atoms with Crippen molar-refractivity contribution in [2.75, 3.05) is 78.4 Å². The summed E-state index contributed by atoms with van der Waals surface area (Å²) >= 11 is 0. The van der Waals surface area contributed by atoms with Crippen molar-refractivity contribution >= 4 is 67.1 Å². The van der Waals surface area contributed by atoms with Crippen LogP contribution in [0.2, 0.25) is 0 Å². The van der Waals surface area contributed by atoms with Crippen molar-refractivity contribution in [1.82, 2.24) is 0 Å². The molecule has 322 valence electrons. The van der Waals surface area contributed by atoms with Gasteiger partial charge < -0.3 is 33.0 Å². The van der Waals surface area contributed by atoms with Crippen molar-refractivity contribution in [1.29, 1.82) is 0 Å². The van der Waals surface area contributed by atoms with Crippen LogP contribution in [0.3, 0.4) is 0 Å². The van der Waals surface area contributed by atoms with E-state index in [1.807, 2.05) is 61.4 Å². The summed E-state index contributed by atoms with van der Waals surface area (Å²) in [6.07, 6.45) is 1.32. The van der Waals surface area contributed by atoms with Crippen molar-refractivity contribution in [2.24, 2.45) is 10.8 Å². The van der Waals surface area contributed by atoms with Crippen molar-refractivity contribution in [3.05, 3.63) is 82.9 Å². The van der Waals surface area contributed by atoms with Crippen LogP contribution in [-0.2, 0) is 24.7 Å². The van der Waals surface area contributed by atoms with Gasteiger partial charge in [0.15, 0.2) is 5.60 Å². The molecule has 1 N–H and O–H groups in total. The first-order valence-electron chi connectivity index (χ1n) is 19.5. The van der Waals surface area contributed by atoms with Crippen LogP contribution in [0, 0.1) is 10.8 Å². The third-order valence-electron chi connectivity index (χ3n) is 9.66. The Labute approximate surface area is 365 Å². The maximum absolute atomic E-state index is 13.5. The molecule has 0 amide bonds. The first kappa shape index (κ1) is 48.3. The Morgan fingerprint density at radius 3 is 1.49 bits per heavy atom. The van der Waals surface area contributed by atoms with Gasteiger partial charge in [-0.05, 0) is 70.9 Å². The van der Waals surface area contributed by atoms with E-state index in [0.29, 0.717) is 58.1 Å². The van der Waals surface area contributed by atoms with E-state index in [-0.39, 0.29) is 11.9 Å². The van der Waals surface area contributed by atoms with E-state index < -0.39 is 28.4 Å². The predicted octanol–water partition coefficient (Wildman–Crippen LogP) is 9.16. The van der Waals surface area contributed by atoms with E-state index >= 15 is 0 Å². The molecular formula is C44H60N2O9S4+2. The van der Waals surface area contributed by atoms with E-state index in [0.717, 1.165) is 52.0 Å². The van der Waals surface area contributed by atoms with Crippen molar-refractivity contribution < 1.29 is 52.2 Å². The summed E-state index contributed by atoms with van der Waals surface area (Å²) in [4.78, 5) is 49.3. The molecule has 59 heavy (non-hydrogen) atoms. The molecule has 0 radical (unpaired) electrons. The molecule has 11 nitrogen and oxygen atoms in total. The molecule has 5 rings (SSSR count). The molecule has 0 saturated carbocycles. The molecule has 0 aromatic heterocycles. The number of quaternary nitrogens is 2.